The molecule has 1 aliphatic rings. The van der Waals surface area contributed by atoms with Crippen LogP contribution in [0.3, 0.4) is 0 Å². The summed E-state index contributed by atoms with van der Waals surface area (Å²) in [5.74, 6) is -0.111. The van der Waals surface area contributed by atoms with Crippen molar-refractivity contribution in [2.24, 2.45) is 0 Å². The molecule has 1 saturated heterocycles. The minimum absolute atomic E-state index is 0.00509. The molecule has 0 radical (unpaired) electrons. The highest BCUT2D eigenvalue weighted by molar-refractivity contribution is 5.69. The van der Waals surface area contributed by atoms with Gasteiger partial charge in [-0.3, -0.25) is 9.36 Å². The second kappa shape index (κ2) is 17.3. The molecule has 192 valence electrons. The quantitative estimate of drug-likeness (QED) is 0.174. The fourth-order valence-corrected chi connectivity index (χ4v) is 3.89. The Bertz CT molecular complexity index is 780. The van der Waals surface area contributed by atoms with Crippen LogP contribution in [0.1, 0.15) is 103 Å². The molecular weight excluding hydrogens is 434 g/mol. The van der Waals surface area contributed by atoms with Gasteiger partial charge in [0, 0.05) is 12.6 Å². The number of hydrogen-bond acceptors (Lipinski definition) is 7. The number of nitrogens with zero attached hydrogens (tertiary/aromatic N) is 2. The molecule has 2 heterocycles. The highest BCUT2D eigenvalue weighted by atomic mass is 16.7. The molecule has 1 aromatic rings. The molecule has 2 N–H and O–H groups in total. The number of nitrogens with two attached hydrogens (primary N) is 1. The van der Waals surface area contributed by atoms with Crippen molar-refractivity contribution >= 4 is 11.8 Å². The predicted molar refractivity (Wildman–Crippen MR) is 133 cm³/mol. The van der Waals surface area contributed by atoms with Crippen molar-refractivity contribution in [1.82, 2.24) is 9.55 Å². The van der Waals surface area contributed by atoms with Gasteiger partial charge in [-0.1, -0.05) is 70.4 Å². The maximum Gasteiger partial charge on any atom is 0.351 e. The van der Waals surface area contributed by atoms with Gasteiger partial charge in [-0.05, 0) is 38.2 Å². The summed E-state index contributed by atoms with van der Waals surface area (Å²) in [5, 5.41) is 0. The SMILES string of the molecule is CCCCCCCCCCC/C=C/CCCCC(=O)OC[C@H]1OC[C@@H](n2ccc(N)nc2=O)O1. The Hall–Kier alpha value is -2.19. The monoisotopic (exact) mass is 477 g/mol. The molecule has 0 saturated carbocycles. The summed E-state index contributed by atoms with van der Waals surface area (Å²) >= 11 is 0. The normalized spacial score (nSPS) is 18.0. The molecule has 8 nitrogen and oxygen atoms in total. The first-order chi connectivity index (χ1) is 16.6. The van der Waals surface area contributed by atoms with Crippen molar-refractivity contribution in [2.45, 2.75) is 109 Å². The Balaban J connectivity index is 1.42. The fourth-order valence-electron chi connectivity index (χ4n) is 3.89. The number of esters is 1. The molecular formula is C26H43N3O5. The van der Waals surface area contributed by atoms with E-state index in [-0.39, 0.29) is 25.0 Å². The van der Waals surface area contributed by atoms with E-state index in [4.69, 9.17) is 19.9 Å². The number of allylic oxidation sites excluding steroid dienone is 2. The lowest BCUT2D eigenvalue weighted by molar-refractivity contribution is -0.159. The Kier molecular flexibility index (Phi) is 14.3. The smallest absolute Gasteiger partial charge is 0.351 e. The van der Waals surface area contributed by atoms with E-state index in [1.54, 1.807) is 0 Å². The fraction of sp³-hybridized carbons (Fsp3) is 0.731. The summed E-state index contributed by atoms with van der Waals surface area (Å²) in [6.07, 6.45) is 21.2. The van der Waals surface area contributed by atoms with Crippen molar-refractivity contribution in [3.05, 3.63) is 34.9 Å². The Labute approximate surface area is 203 Å². The van der Waals surface area contributed by atoms with Crippen LogP contribution in [-0.4, -0.2) is 35.0 Å². The van der Waals surface area contributed by atoms with E-state index in [0.717, 1.165) is 25.7 Å². The third kappa shape index (κ3) is 11.8. The molecule has 0 bridgehead atoms. The number of hydrogen-bond donors (Lipinski definition) is 1. The van der Waals surface area contributed by atoms with Crippen LogP contribution in [0.4, 0.5) is 5.82 Å². The maximum atomic E-state index is 11.9. The third-order valence-corrected chi connectivity index (χ3v) is 5.92. The van der Waals surface area contributed by atoms with Crippen molar-refractivity contribution < 1.29 is 19.0 Å². The molecule has 0 unspecified atom stereocenters. The van der Waals surface area contributed by atoms with Crippen LogP contribution in [0.2, 0.25) is 0 Å². The summed E-state index contributed by atoms with van der Waals surface area (Å²) < 4.78 is 17.6. The number of rotatable bonds is 18. The van der Waals surface area contributed by atoms with Crippen LogP contribution in [0.5, 0.6) is 0 Å². The van der Waals surface area contributed by atoms with Gasteiger partial charge in [0.1, 0.15) is 12.4 Å². The van der Waals surface area contributed by atoms with Crippen LogP contribution in [0.15, 0.2) is 29.2 Å². The summed E-state index contributed by atoms with van der Waals surface area (Å²) in [7, 11) is 0. The van der Waals surface area contributed by atoms with Crippen molar-refractivity contribution in [3.63, 3.8) is 0 Å². The van der Waals surface area contributed by atoms with E-state index >= 15 is 0 Å². The van der Waals surface area contributed by atoms with Crippen LogP contribution >= 0.6 is 0 Å². The molecule has 1 fully saturated rings. The molecule has 1 aromatic heterocycles. The zero-order chi connectivity index (χ0) is 24.4. The van der Waals surface area contributed by atoms with Gasteiger partial charge in [-0.2, -0.15) is 4.98 Å². The lowest BCUT2D eigenvalue weighted by Crippen LogP contribution is -2.29. The maximum absolute atomic E-state index is 11.9. The third-order valence-electron chi connectivity index (χ3n) is 5.92. The van der Waals surface area contributed by atoms with Crippen molar-refractivity contribution in [3.8, 4) is 0 Å². The van der Waals surface area contributed by atoms with E-state index in [9.17, 15) is 9.59 Å². The zero-order valence-electron chi connectivity index (χ0n) is 20.8. The van der Waals surface area contributed by atoms with Crippen molar-refractivity contribution in [1.29, 1.82) is 0 Å². The van der Waals surface area contributed by atoms with Crippen LogP contribution in [-0.2, 0) is 19.0 Å². The highest BCUT2D eigenvalue weighted by Crippen LogP contribution is 2.20. The molecule has 0 aliphatic carbocycles. The van der Waals surface area contributed by atoms with E-state index in [1.807, 2.05) is 0 Å². The van der Waals surface area contributed by atoms with Gasteiger partial charge in [0.05, 0.1) is 6.61 Å². The lowest BCUT2D eigenvalue weighted by Gasteiger charge is -2.13. The summed E-state index contributed by atoms with van der Waals surface area (Å²) in [6.45, 7) is 2.44. The molecule has 0 amide bonds. The number of nitrogen functional groups attached to an aromatic ring is 1. The molecule has 2 rings (SSSR count). The van der Waals surface area contributed by atoms with E-state index in [1.165, 1.54) is 74.6 Å². The van der Waals surface area contributed by atoms with Crippen LogP contribution in [0, 0.1) is 0 Å². The Morgan fingerprint density at radius 2 is 1.74 bits per heavy atom. The Morgan fingerprint density at radius 3 is 2.41 bits per heavy atom. The Morgan fingerprint density at radius 1 is 1.09 bits per heavy atom. The minimum Gasteiger partial charge on any atom is -0.460 e. The highest BCUT2D eigenvalue weighted by Gasteiger charge is 2.29. The first kappa shape index (κ1) is 28.1. The van der Waals surface area contributed by atoms with Gasteiger partial charge in [-0.15, -0.1) is 0 Å². The summed E-state index contributed by atoms with van der Waals surface area (Å²) in [4.78, 5) is 27.5. The number of carbonyl (C=O) groups is 1. The standard InChI is InChI=1S/C26H43N3O5/c1-2-3-4-5-6-7-8-9-10-11-12-13-14-15-16-17-24(30)32-21-25-33-20-23(34-25)29-19-18-22(27)28-26(29)31/h12-13,18-19,23,25H,2-11,14-17,20-21H2,1H3,(H2,27,28,31)/b13-12+/t23-,25-/m0/s1. The number of unbranched alkanes of at least 4 members (excludes halogenated alkanes) is 11. The lowest BCUT2D eigenvalue weighted by atomic mass is 10.1. The summed E-state index contributed by atoms with van der Waals surface area (Å²) in [6, 6.07) is 1.52. The summed E-state index contributed by atoms with van der Waals surface area (Å²) in [5.41, 5.74) is 4.99. The molecule has 34 heavy (non-hydrogen) atoms. The van der Waals surface area contributed by atoms with E-state index in [2.05, 4.69) is 24.1 Å². The van der Waals surface area contributed by atoms with Crippen LogP contribution < -0.4 is 11.4 Å². The molecule has 0 aromatic carbocycles. The van der Waals surface area contributed by atoms with Gasteiger partial charge in [0.15, 0.2) is 12.5 Å². The second-order valence-electron chi connectivity index (χ2n) is 8.91. The number of aromatic nitrogens is 2. The minimum atomic E-state index is -0.692. The molecule has 1 aliphatic heterocycles. The first-order valence-corrected chi connectivity index (χ1v) is 13.0. The topological polar surface area (TPSA) is 106 Å². The molecule has 0 spiro atoms. The van der Waals surface area contributed by atoms with Crippen molar-refractivity contribution in [2.75, 3.05) is 18.9 Å². The van der Waals surface area contributed by atoms with E-state index < -0.39 is 18.2 Å². The first-order valence-electron chi connectivity index (χ1n) is 13.0. The van der Waals surface area contributed by atoms with E-state index in [0.29, 0.717) is 6.42 Å². The average molecular weight is 478 g/mol. The van der Waals surface area contributed by atoms with Gasteiger partial charge in [0.25, 0.3) is 0 Å². The van der Waals surface area contributed by atoms with Gasteiger partial charge in [0.2, 0.25) is 0 Å². The van der Waals surface area contributed by atoms with Gasteiger partial charge < -0.3 is 19.9 Å². The molecule has 2 atom stereocenters. The van der Waals surface area contributed by atoms with Gasteiger partial charge in [-0.25, -0.2) is 4.79 Å². The predicted octanol–water partition coefficient (Wildman–Crippen LogP) is 5.28. The average Bonchev–Trinajstić information content (AvgIpc) is 3.29. The second-order valence-corrected chi connectivity index (χ2v) is 8.91. The number of carbonyl (C=O) groups excluding carboxylic acids is 1. The zero-order valence-corrected chi connectivity index (χ0v) is 20.8. The van der Waals surface area contributed by atoms with Gasteiger partial charge >= 0.3 is 11.7 Å². The number of ether oxygens (including phenoxy) is 3. The van der Waals surface area contributed by atoms with Crippen LogP contribution in [0.25, 0.3) is 0 Å². The number of anilines is 1. The largest absolute Gasteiger partial charge is 0.460 e. The molecule has 8 heteroatoms.